The first-order valence-corrected chi connectivity index (χ1v) is 26.5. The van der Waals surface area contributed by atoms with Gasteiger partial charge in [0.25, 0.3) is 0 Å². The van der Waals surface area contributed by atoms with Crippen molar-refractivity contribution in [2.24, 2.45) is 5.92 Å². The van der Waals surface area contributed by atoms with E-state index in [0.717, 1.165) is 39.3 Å². The van der Waals surface area contributed by atoms with Crippen molar-refractivity contribution >= 4 is 120 Å². The molecule has 0 amide bonds. The normalized spacial score (nSPS) is 19.1. The van der Waals surface area contributed by atoms with Crippen molar-refractivity contribution in [1.82, 2.24) is 0 Å². The SMILES string of the molecule is Brc1ccc2ccc3cccc4ccc1c2c34.CB(C)C.CC[C@H]1O[C@@H](c2ccc3ccc4cccc5ccc2c3c45)CC1C.CO.C[O-].OC[C@H]1O[C@@H](c2ccc3ccc4cccc5ccc2c3c45)CC1O.[Na+]. The van der Waals surface area contributed by atoms with Crippen LogP contribution in [-0.2, 0) is 9.47 Å². The Balaban J connectivity index is 0.000000139. The van der Waals surface area contributed by atoms with E-state index in [1.54, 1.807) is 0 Å². The third-order valence-corrected chi connectivity index (χ3v) is 15.4. The summed E-state index contributed by atoms with van der Waals surface area (Å²) in [5.74, 6) is 0.638. The molecule has 372 valence electrons. The molecule has 2 heterocycles. The van der Waals surface area contributed by atoms with E-state index in [1.807, 2.05) is 0 Å². The smallest absolute Gasteiger partial charge is 0.857 e. The number of halogens is 1. The van der Waals surface area contributed by atoms with Crippen LogP contribution in [0.25, 0.3) is 97.0 Å². The number of benzene rings is 12. The molecule has 3 N–H and O–H groups in total. The van der Waals surface area contributed by atoms with Gasteiger partial charge in [-0.3, -0.25) is 0 Å². The third kappa shape index (κ3) is 10.6. The van der Waals surface area contributed by atoms with E-state index in [0.29, 0.717) is 18.4 Å². The molecule has 14 rings (SSSR count). The molecule has 9 heteroatoms. The van der Waals surface area contributed by atoms with Gasteiger partial charge in [-0.1, -0.05) is 208 Å². The molecule has 74 heavy (non-hydrogen) atoms. The van der Waals surface area contributed by atoms with Crippen LogP contribution in [0.15, 0.2) is 168 Å². The summed E-state index contributed by atoms with van der Waals surface area (Å²) < 4.78 is 13.5. The molecule has 2 saturated heterocycles. The van der Waals surface area contributed by atoms with Gasteiger partial charge in [-0.25, -0.2) is 0 Å². The van der Waals surface area contributed by atoms with Gasteiger partial charge in [0.2, 0.25) is 0 Å². The summed E-state index contributed by atoms with van der Waals surface area (Å²) in [5.41, 5.74) is 2.46. The largest absolute Gasteiger partial charge is 1.00 e. The zero-order valence-corrected chi connectivity index (χ0v) is 47.5. The fourth-order valence-electron chi connectivity index (χ4n) is 11.5. The Hall–Kier alpha value is -4.94. The number of hydrogen-bond acceptors (Lipinski definition) is 6. The molecule has 0 spiro atoms. The van der Waals surface area contributed by atoms with Crippen molar-refractivity contribution in [3.8, 4) is 0 Å². The van der Waals surface area contributed by atoms with Gasteiger partial charge in [0.15, 0.2) is 0 Å². The summed E-state index contributed by atoms with van der Waals surface area (Å²) >= 11 is 3.64. The zero-order valence-electron chi connectivity index (χ0n) is 43.9. The number of aliphatic hydroxyl groups is 3. The second-order valence-corrected chi connectivity index (χ2v) is 20.9. The van der Waals surface area contributed by atoms with E-state index < -0.39 is 12.2 Å². The quantitative estimate of drug-likeness (QED) is 0.120. The summed E-state index contributed by atoms with van der Waals surface area (Å²) in [4.78, 5) is 0. The van der Waals surface area contributed by atoms with Crippen LogP contribution in [0.5, 0.6) is 0 Å². The Morgan fingerprint density at radius 3 is 1.16 bits per heavy atom. The minimum Gasteiger partial charge on any atom is -0.857 e. The van der Waals surface area contributed by atoms with Gasteiger partial charge in [0.05, 0.1) is 31.0 Å². The van der Waals surface area contributed by atoms with Crippen LogP contribution in [0, 0.1) is 5.92 Å². The Morgan fingerprint density at radius 2 is 0.797 bits per heavy atom. The topological polar surface area (TPSA) is 102 Å². The molecule has 2 fully saturated rings. The minimum absolute atomic E-state index is 0. The molecule has 0 bridgehead atoms. The third-order valence-electron chi connectivity index (χ3n) is 14.7. The van der Waals surface area contributed by atoms with Crippen LogP contribution < -0.4 is 34.7 Å². The summed E-state index contributed by atoms with van der Waals surface area (Å²) in [7, 11) is 1.75. The summed E-state index contributed by atoms with van der Waals surface area (Å²) in [6.45, 7) is 11.7. The maximum Gasteiger partial charge on any atom is 1.00 e. The van der Waals surface area contributed by atoms with Gasteiger partial charge >= 0.3 is 29.6 Å². The number of rotatable bonds is 4. The second-order valence-electron chi connectivity index (χ2n) is 20.1. The monoisotopic (exact) mass is 1050 g/mol. The average Bonchev–Trinajstić information content (AvgIpc) is 4.01. The van der Waals surface area contributed by atoms with E-state index in [-0.39, 0.29) is 48.4 Å². The molecule has 0 radical (unpaired) electrons. The van der Waals surface area contributed by atoms with E-state index in [1.165, 1.54) is 107 Å². The first-order valence-electron chi connectivity index (χ1n) is 25.7. The molecule has 12 aromatic carbocycles. The van der Waals surface area contributed by atoms with Crippen LogP contribution in [0.4, 0.5) is 0 Å². The van der Waals surface area contributed by atoms with Crippen LogP contribution in [0.1, 0.15) is 56.4 Å². The Bertz CT molecular complexity index is 3550. The van der Waals surface area contributed by atoms with Crippen LogP contribution in [0.3, 0.4) is 0 Å². The van der Waals surface area contributed by atoms with Crippen LogP contribution in [0.2, 0.25) is 20.5 Å². The summed E-state index contributed by atoms with van der Waals surface area (Å²) in [6.07, 6.45) is 2.10. The predicted molar refractivity (Wildman–Crippen MR) is 313 cm³/mol. The molecule has 6 nitrogen and oxygen atoms in total. The van der Waals surface area contributed by atoms with E-state index in [4.69, 9.17) is 19.7 Å². The Labute approximate surface area is 465 Å². The first kappa shape index (κ1) is 55.3. The van der Waals surface area contributed by atoms with E-state index in [9.17, 15) is 10.2 Å². The standard InChI is InChI=1S/C23H22O.C21H18O3.C16H9Br.C3H9B.CH4O.CH3O.Na/c1-3-20-14(2)13-21(24-20)18-11-9-17-8-7-15-5-4-6-16-10-12-19(18)23(17)22(15)16;22-11-19-17(23)10-18(24-19)15-8-6-14-5-4-12-2-1-3-13-7-9-16(15)21(14)20(12)13;17-14-9-7-12-5-4-10-2-1-3-11-6-8-13(14)16(12)15(10)11;1-4(2)3;2*1-2;/h4-12,14,20-21H,3,13H2,1-2H3;1-9,17-19,22-23H,10-11H2;1-9H;1-3H3;2H,1H3;1H3;/q;;;;;-1;+1/t14?,20-,21-;17?,18-,19-;;;;;/m11...../s1. The van der Waals surface area contributed by atoms with Crippen molar-refractivity contribution in [2.45, 2.75) is 84.1 Å². The van der Waals surface area contributed by atoms with Crippen molar-refractivity contribution in [2.75, 3.05) is 20.8 Å². The summed E-state index contributed by atoms with van der Waals surface area (Å²) in [6, 6.07) is 59.1. The molecule has 0 saturated carbocycles. The Kier molecular flexibility index (Phi) is 18.2. The maximum atomic E-state index is 10.1. The van der Waals surface area contributed by atoms with Crippen molar-refractivity contribution in [1.29, 1.82) is 0 Å². The van der Waals surface area contributed by atoms with Crippen molar-refractivity contribution in [3.63, 3.8) is 0 Å². The summed E-state index contributed by atoms with van der Waals surface area (Å²) in [5, 5.41) is 58.2. The van der Waals surface area contributed by atoms with Crippen molar-refractivity contribution < 1.29 is 59.5 Å². The number of ether oxygens (including phenoxy) is 2. The zero-order chi connectivity index (χ0) is 51.5. The molecule has 2 aliphatic heterocycles. The van der Waals surface area contributed by atoms with Gasteiger partial charge in [-0.05, 0) is 133 Å². The molecule has 12 aromatic rings. The molecular formula is C65H65BBrNaO6. The average molecular weight is 1060 g/mol. The number of aliphatic hydroxyl groups excluding tert-OH is 3. The van der Waals surface area contributed by atoms with Gasteiger partial charge in [0.1, 0.15) is 12.8 Å². The Morgan fingerprint density at radius 1 is 0.486 bits per heavy atom. The fraction of sp³-hybridized carbons (Fsp3) is 0.262. The molecular weight excluding hydrogens is 990 g/mol. The van der Waals surface area contributed by atoms with Gasteiger partial charge in [-0.2, -0.15) is 7.11 Å². The van der Waals surface area contributed by atoms with Crippen LogP contribution in [-0.4, -0.2) is 61.2 Å². The number of hydrogen-bond donors (Lipinski definition) is 3. The molecule has 6 atom stereocenters. The maximum absolute atomic E-state index is 10.1. The second kappa shape index (κ2) is 24.4. The fourth-order valence-corrected chi connectivity index (χ4v) is 11.9. The predicted octanol–water partition coefficient (Wildman–Crippen LogP) is 12.5. The molecule has 0 aromatic heterocycles. The van der Waals surface area contributed by atoms with Gasteiger partial charge in [-0.15, -0.1) is 0 Å². The van der Waals surface area contributed by atoms with Gasteiger partial charge in [0, 0.05) is 18.0 Å². The van der Waals surface area contributed by atoms with Gasteiger partial charge < -0.3 is 29.9 Å². The van der Waals surface area contributed by atoms with Crippen LogP contribution >= 0.6 is 15.9 Å². The molecule has 2 unspecified atom stereocenters. The minimum atomic E-state index is -0.612. The molecule has 2 aliphatic rings. The van der Waals surface area contributed by atoms with E-state index in [2.05, 4.69) is 214 Å². The first-order chi connectivity index (χ1) is 35.6. The van der Waals surface area contributed by atoms with E-state index >= 15 is 0 Å². The van der Waals surface area contributed by atoms with Crippen molar-refractivity contribution in [3.05, 3.63) is 179 Å². The molecule has 0 aliphatic carbocycles.